The van der Waals surface area contributed by atoms with Crippen LogP contribution in [0.4, 0.5) is 13.2 Å². The van der Waals surface area contributed by atoms with Crippen LogP contribution < -0.4 is 0 Å². The summed E-state index contributed by atoms with van der Waals surface area (Å²) >= 11 is 0.978. The maximum absolute atomic E-state index is 11.9. The maximum atomic E-state index is 11.9. The zero-order valence-corrected chi connectivity index (χ0v) is 6.33. The zero-order valence-electron chi connectivity index (χ0n) is 5.51. The summed E-state index contributed by atoms with van der Waals surface area (Å²) in [5.41, 5.74) is 0. The Morgan fingerprint density at radius 3 is 2.64 bits per heavy atom. The molecule has 1 aromatic heterocycles. The minimum Gasteiger partial charge on any atom is -0.164 e. The fourth-order valence-electron chi connectivity index (χ4n) is 0.579. The normalized spacial score (nSPS) is 12.0. The fourth-order valence-corrected chi connectivity index (χ4v) is 1.07. The van der Waals surface area contributed by atoms with Crippen molar-refractivity contribution >= 4 is 11.8 Å². The molecule has 0 atom stereocenters. The Hall–Kier alpha value is -0.650. The Kier molecular flexibility index (Phi) is 2.12. The molecule has 1 radical (unpaired) electrons. The minimum absolute atomic E-state index is 0.0162. The molecule has 0 bridgehead atoms. The molecule has 11 heavy (non-hydrogen) atoms. The third kappa shape index (κ3) is 1.68. The molecule has 0 fully saturated rings. The average Bonchev–Trinajstić information content (AvgIpc) is 2.31. The molecule has 6 heteroatoms. The summed E-state index contributed by atoms with van der Waals surface area (Å²) in [5, 5.41) is 3.04. The molecular formula is C5H4F3N2S. The second-order valence-corrected chi connectivity index (χ2v) is 2.52. The fraction of sp³-hybridized carbons (Fsp3) is 0.400. The lowest BCUT2D eigenvalue weighted by atomic mass is 10.7. The summed E-state index contributed by atoms with van der Waals surface area (Å²) in [6, 6.07) is 1.19. The van der Waals surface area contributed by atoms with E-state index in [0.717, 1.165) is 11.8 Å². The summed E-state index contributed by atoms with van der Waals surface area (Å²) in [6.07, 6.45) is -0.756. The Morgan fingerprint density at radius 1 is 1.64 bits per heavy atom. The zero-order chi connectivity index (χ0) is 8.48. The number of thioether (sulfide) groups is 1. The first-order valence-corrected chi connectivity index (χ1v) is 3.85. The SMILES string of the molecule is CSc1c[c]nn1C(F)(F)F. The van der Waals surface area contributed by atoms with E-state index in [2.05, 4.69) is 11.3 Å². The van der Waals surface area contributed by atoms with E-state index in [1.54, 1.807) is 6.26 Å². The largest absolute Gasteiger partial charge is 0.505 e. The summed E-state index contributed by atoms with van der Waals surface area (Å²) in [7, 11) is 0. The summed E-state index contributed by atoms with van der Waals surface area (Å²) < 4.78 is 35.8. The van der Waals surface area contributed by atoms with Crippen LogP contribution in [0.25, 0.3) is 0 Å². The van der Waals surface area contributed by atoms with Crippen LogP contribution in [0.2, 0.25) is 0 Å². The minimum atomic E-state index is -4.43. The Morgan fingerprint density at radius 2 is 2.27 bits per heavy atom. The van der Waals surface area contributed by atoms with E-state index in [0.29, 0.717) is 0 Å². The standard InChI is InChI=1S/C5H4F3N2S/c1-11-4-2-3-9-10(4)5(6,7)8/h2H,1H3. The van der Waals surface area contributed by atoms with Gasteiger partial charge in [0, 0.05) is 6.07 Å². The van der Waals surface area contributed by atoms with Gasteiger partial charge < -0.3 is 0 Å². The van der Waals surface area contributed by atoms with E-state index in [1.807, 2.05) is 0 Å². The molecule has 0 unspecified atom stereocenters. The van der Waals surface area contributed by atoms with Crippen LogP contribution in [0.3, 0.4) is 0 Å². The first-order chi connectivity index (χ1) is 5.05. The monoisotopic (exact) mass is 181 g/mol. The molecule has 1 heterocycles. The highest BCUT2D eigenvalue weighted by atomic mass is 32.2. The van der Waals surface area contributed by atoms with Gasteiger partial charge in [-0.15, -0.1) is 24.9 Å². The molecule has 0 spiro atoms. The molecular weight excluding hydrogens is 177 g/mol. The predicted molar refractivity (Wildman–Crippen MR) is 34.1 cm³/mol. The van der Waals surface area contributed by atoms with Crippen LogP contribution in [0.1, 0.15) is 0 Å². The van der Waals surface area contributed by atoms with Gasteiger partial charge in [0.1, 0.15) is 11.2 Å². The number of rotatable bonds is 1. The first kappa shape index (κ1) is 8.45. The van der Waals surface area contributed by atoms with Gasteiger partial charge in [-0.1, -0.05) is 0 Å². The third-order valence-electron chi connectivity index (χ3n) is 1.00. The van der Waals surface area contributed by atoms with Gasteiger partial charge in [0.2, 0.25) is 0 Å². The van der Waals surface area contributed by atoms with Crippen LogP contribution >= 0.6 is 11.8 Å². The smallest absolute Gasteiger partial charge is 0.164 e. The van der Waals surface area contributed by atoms with E-state index in [1.165, 1.54) is 6.07 Å². The van der Waals surface area contributed by atoms with Crippen LogP contribution in [0.15, 0.2) is 11.1 Å². The topological polar surface area (TPSA) is 17.8 Å². The lowest BCUT2D eigenvalue weighted by molar-refractivity contribution is -0.217. The van der Waals surface area contributed by atoms with Crippen LogP contribution in [-0.4, -0.2) is 16.0 Å². The van der Waals surface area contributed by atoms with Crippen LogP contribution in [-0.2, 0) is 6.30 Å². The number of nitrogens with zero attached hydrogens (tertiary/aromatic N) is 2. The molecule has 1 rings (SSSR count). The Labute approximate surface area is 65.4 Å². The van der Waals surface area contributed by atoms with Crippen molar-refractivity contribution in [1.29, 1.82) is 0 Å². The molecule has 0 aromatic carbocycles. The van der Waals surface area contributed by atoms with Gasteiger partial charge in [0.05, 0.1) is 0 Å². The van der Waals surface area contributed by atoms with Gasteiger partial charge >= 0.3 is 6.30 Å². The summed E-state index contributed by atoms with van der Waals surface area (Å²) in [4.78, 5) is 0. The van der Waals surface area contributed by atoms with Gasteiger partial charge in [0.15, 0.2) is 0 Å². The number of hydrogen-bond acceptors (Lipinski definition) is 2. The number of aromatic nitrogens is 2. The van der Waals surface area contributed by atoms with Crippen LogP contribution in [0, 0.1) is 6.20 Å². The molecule has 0 saturated heterocycles. The Bertz CT molecular complexity index is 242. The van der Waals surface area contributed by atoms with Crippen molar-refractivity contribution in [3.63, 3.8) is 0 Å². The second-order valence-electron chi connectivity index (χ2n) is 1.70. The molecule has 0 aliphatic carbocycles. The van der Waals surface area contributed by atoms with Crippen molar-refractivity contribution in [1.82, 2.24) is 9.78 Å². The van der Waals surface area contributed by atoms with Crippen molar-refractivity contribution in [2.75, 3.05) is 6.26 Å². The third-order valence-corrected chi connectivity index (χ3v) is 1.71. The van der Waals surface area contributed by atoms with Gasteiger partial charge in [0.25, 0.3) is 0 Å². The summed E-state index contributed by atoms with van der Waals surface area (Å²) in [5.74, 6) is 0. The highest BCUT2D eigenvalue weighted by Crippen LogP contribution is 2.26. The van der Waals surface area contributed by atoms with E-state index >= 15 is 0 Å². The van der Waals surface area contributed by atoms with Gasteiger partial charge in [-0.2, -0.15) is 9.78 Å². The second kappa shape index (κ2) is 2.77. The summed E-state index contributed by atoms with van der Waals surface area (Å²) in [6.45, 7) is 0. The molecule has 61 valence electrons. The van der Waals surface area contributed by atoms with E-state index in [-0.39, 0.29) is 9.71 Å². The van der Waals surface area contributed by atoms with E-state index < -0.39 is 6.30 Å². The number of alkyl halides is 3. The molecule has 0 amide bonds. The molecule has 1 aromatic rings. The number of halogens is 3. The Balaban J connectivity index is 3.02. The first-order valence-electron chi connectivity index (χ1n) is 2.63. The lowest BCUT2D eigenvalue weighted by Crippen LogP contribution is -2.18. The quantitative estimate of drug-likeness (QED) is 0.615. The molecule has 2 nitrogen and oxygen atoms in total. The highest BCUT2D eigenvalue weighted by molar-refractivity contribution is 7.98. The highest BCUT2D eigenvalue weighted by Gasteiger charge is 2.33. The molecule has 0 aliphatic rings. The van der Waals surface area contributed by atoms with Crippen molar-refractivity contribution in [2.45, 2.75) is 11.3 Å². The van der Waals surface area contributed by atoms with Gasteiger partial charge in [-0.05, 0) is 6.26 Å². The van der Waals surface area contributed by atoms with Crippen molar-refractivity contribution in [3.05, 3.63) is 12.3 Å². The van der Waals surface area contributed by atoms with Crippen molar-refractivity contribution in [3.8, 4) is 0 Å². The van der Waals surface area contributed by atoms with Crippen LogP contribution in [0.5, 0.6) is 0 Å². The molecule has 0 saturated carbocycles. The average molecular weight is 181 g/mol. The predicted octanol–water partition coefficient (Wildman–Crippen LogP) is 1.88. The van der Waals surface area contributed by atoms with E-state index in [9.17, 15) is 13.2 Å². The van der Waals surface area contributed by atoms with Crippen molar-refractivity contribution in [2.24, 2.45) is 0 Å². The van der Waals surface area contributed by atoms with Crippen molar-refractivity contribution < 1.29 is 13.2 Å². The maximum Gasteiger partial charge on any atom is 0.505 e. The van der Waals surface area contributed by atoms with Gasteiger partial charge in [-0.3, -0.25) is 0 Å². The lowest BCUT2D eigenvalue weighted by Gasteiger charge is -2.07. The van der Waals surface area contributed by atoms with E-state index in [4.69, 9.17) is 0 Å². The molecule has 0 aliphatic heterocycles. The number of hydrogen-bond donors (Lipinski definition) is 0. The molecule has 0 N–H and O–H groups in total. The van der Waals surface area contributed by atoms with Gasteiger partial charge in [-0.25, -0.2) is 0 Å².